The van der Waals surface area contributed by atoms with Crippen LogP contribution in [0.2, 0.25) is 0 Å². The first kappa shape index (κ1) is 16.7. The summed E-state index contributed by atoms with van der Waals surface area (Å²) in [5, 5.41) is 9.84. The normalized spacial score (nSPS) is 11.6. The molecule has 0 spiro atoms. The van der Waals surface area contributed by atoms with E-state index >= 15 is 0 Å². The third kappa shape index (κ3) is 5.21. The minimum absolute atomic E-state index is 0.671. The summed E-state index contributed by atoms with van der Waals surface area (Å²) in [7, 11) is 0. The SMILES string of the molecule is Cc1cnc(CNC(=NCc2cccs2)NCCc2ccco2)s1. The Balaban J connectivity index is 1.55. The van der Waals surface area contributed by atoms with Crippen molar-refractivity contribution in [3.05, 3.63) is 62.6 Å². The Morgan fingerprint density at radius 3 is 2.96 bits per heavy atom. The van der Waals surface area contributed by atoms with Crippen molar-refractivity contribution in [3.8, 4) is 0 Å². The predicted octanol–water partition coefficient (Wildman–Crippen LogP) is 3.58. The number of aromatic nitrogens is 1. The van der Waals surface area contributed by atoms with Gasteiger partial charge in [0.2, 0.25) is 0 Å². The monoisotopic (exact) mass is 360 g/mol. The quantitative estimate of drug-likeness (QED) is 0.499. The molecule has 24 heavy (non-hydrogen) atoms. The molecule has 0 bridgehead atoms. The molecule has 0 aliphatic carbocycles. The summed E-state index contributed by atoms with van der Waals surface area (Å²) in [6.07, 6.45) is 4.42. The van der Waals surface area contributed by atoms with Gasteiger partial charge in [-0.2, -0.15) is 0 Å². The van der Waals surface area contributed by atoms with Gasteiger partial charge in [-0.1, -0.05) is 6.07 Å². The molecule has 3 aromatic rings. The molecule has 0 fully saturated rings. The van der Waals surface area contributed by atoms with Crippen LogP contribution >= 0.6 is 22.7 Å². The summed E-state index contributed by atoms with van der Waals surface area (Å²) in [6.45, 7) is 4.18. The second kappa shape index (κ2) is 8.65. The summed E-state index contributed by atoms with van der Waals surface area (Å²) in [6, 6.07) is 8.03. The van der Waals surface area contributed by atoms with E-state index in [1.807, 2.05) is 24.4 Å². The Morgan fingerprint density at radius 2 is 2.25 bits per heavy atom. The standard InChI is InChI=1S/C17H20N4OS2/c1-13-10-19-16(24-13)12-21-17(20-11-15-5-3-9-23-15)18-7-6-14-4-2-8-22-14/h2-5,8-10H,6-7,11-12H2,1H3,(H2,18,20,21). The number of hydrogen-bond acceptors (Lipinski definition) is 5. The molecule has 0 saturated carbocycles. The van der Waals surface area contributed by atoms with Crippen LogP contribution in [0.15, 0.2) is 51.5 Å². The first-order chi connectivity index (χ1) is 11.8. The molecule has 0 atom stereocenters. The number of hydrogen-bond donors (Lipinski definition) is 2. The summed E-state index contributed by atoms with van der Waals surface area (Å²) in [4.78, 5) is 11.5. The molecule has 3 heterocycles. The van der Waals surface area contributed by atoms with Crippen LogP contribution < -0.4 is 10.6 Å². The van der Waals surface area contributed by atoms with E-state index < -0.39 is 0 Å². The molecule has 0 unspecified atom stereocenters. The second-order valence-corrected chi connectivity index (χ2v) is 7.57. The van der Waals surface area contributed by atoms with E-state index in [0.717, 1.165) is 29.7 Å². The second-order valence-electron chi connectivity index (χ2n) is 5.22. The van der Waals surface area contributed by atoms with Crippen LogP contribution in [0, 0.1) is 6.92 Å². The summed E-state index contributed by atoms with van der Waals surface area (Å²) in [5.74, 6) is 1.76. The molecule has 126 valence electrons. The lowest BCUT2D eigenvalue weighted by molar-refractivity contribution is 0.506. The fourth-order valence-electron chi connectivity index (χ4n) is 2.14. The van der Waals surface area contributed by atoms with Gasteiger partial charge in [0, 0.05) is 28.9 Å². The van der Waals surface area contributed by atoms with E-state index in [0.29, 0.717) is 13.1 Å². The lowest BCUT2D eigenvalue weighted by Gasteiger charge is -2.11. The number of guanidine groups is 1. The van der Waals surface area contributed by atoms with E-state index in [2.05, 4.69) is 39.0 Å². The van der Waals surface area contributed by atoms with Crippen molar-refractivity contribution in [2.75, 3.05) is 6.54 Å². The summed E-state index contributed by atoms with van der Waals surface area (Å²) in [5.41, 5.74) is 0. The number of aryl methyl sites for hydroxylation is 1. The Labute approximate surface area is 149 Å². The Bertz CT molecular complexity index is 748. The molecule has 7 heteroatoms. The van der Waals surface area contributed by atoms with Crippen molar-refractivity contribution in [1.29, 1.82) is 0 Å². The zero-order valence-electron chi connectivity index (χ0n) is 13.5. The largest absolute Gasteiger partial charge is 0.469 e. The van der Waals surface area contributed by atoms with E-state index in [9.17, 15) is 0 Å². The van der Waals surface area contributed by atoms with Gasteiger partial charge >= 0.3 is 0 Å². The molecule has 0 amide bonds. The third-order valence-electron chi connectivity index (χ3n) is 3.29. The highest BCUT2D eigenvalue weighted by atomic mass is 32.1. The fourth-order valence-corrected chi connectivity index (χ4v) is 3.49. The van der Waals surface area contributed by atoms with Crippen LogP contribution in [0.25, 0.3) is 0 Å². The number of thiazole rings is 1. The lowest BCUT2D eigenvalue weighted by Crippen LogP contribution is -2.38. The minimum Gasteiger partial charge on any atom is -0.469 e. The van der Waals surface area contributed by atoms with Crippen LogP contribution in [0.4, 0.5) is 0 Å². The number of aliphatic imine (C=N–C) groups is 1. The maximum Gasteiger partial charge on any atom is 0.191 e. The number of furan rings is 1. The molecule has 0 saturated heterocycles. The topological polar surface area (TPSA) is 62.5 Å². The van der Waals surface area contributed by atoms with Crippen molar-refractivity contribution in [3.63, 3.8) is 0 Å². The zero-order chi connectivity index (χ0) is 16.6. The van der Waals surface area contributed by atoms with Crippen LogP contribution in [0.5, 0.6) is 0 Å². The smallest absolute Gasteiger partial charge is 0.191 e. The molecule has 0 radical (unpaired) electrons. The van der Waals surface area contributed by atoms with Gasteiger partial charge in [-0.3, -0.25) is 0 Å². The third-order valence-corrected chi connectivity index (χ3v) is 5.07. The maximum absolute atomic E-state index is 5.36. The predicted molar refractivity (Wildman–Crippen MR) is 99.6 cm³/mol. The van der Waals surface area contributed by atoms with Crippen molar-refractivity contribution >= 4 is 28.6 Å². The lowest BCUT2D eigenvalue weighted by atomic mass is 10.3. The van der Waals surface area contributed by atoms with Gasteiger partial charge in [0.15, 0.2) is 5.96 Å². The first-order valence-electron chi connectivity index (χ1n) is 7.78. The highest BCUT2D eigenvalue weighted by molar-refractivity contribution is 7.11. The molecule has 5 nitrogen and oxygen atoms in total. The zero-order valence-corrected chi connectivity index (χ0v) is 15.1. The van der Waals surface area contributed by atoms with Crippen molar-refractivity contribution in [2.45, 2.75) is 26.4 Å². The van der Waals surface area contributed by atoms with E-state index in [-0.39, 0.29) is 0 Å². The molecule has 3 aromatic heterocycles. The molecular formula is C17H20N4OS2. The van der Waals surface area contributed by atoms with Gasteiger partial charge in [-0.25, -0.2) is 9.98 Å². The molecule has 3 rings (SSSR count). The van der Waals surface area contributed by atoms with E-state index in [1.165, 1.54) is 9.75 Å². The molecule has 0 aliphatic heterocycles. The van der Waals surface area contributed by atoms with Crippen LogP contribution in [-0.4, -0.2) is 17.5 Å². The highest BCUT2D eigenvalue weighted by Gasteiger charge is 2.03. The van der Waals surface area contributed by atoms with Gasteiger partial charge in [-0.15, -0.1) is 22.7 Å². The van der Waals surface area contributed by atoms with Gasteiger partial charge in [-0.05, 0) is 30.5 Å². The number of nitrogens with one attached hydrogen (secondary N) is 2. The first-order valence-corrected chi connectivity index (χ1v) is 9.47. The Hall–Kier alpha value is -2.12. The van der Waals surface area contributed by atoms with Crippen LogP contribution in [0.3, 0.4) is 0 Å². The highest BCUT2D eigenvalue weighted by Crippen LogP contribution is 2.11. The number of rotatable bonds is 7. The summed E-state index contributed by atoms with van der Waals surface area (Å²) >= 11 is 3.41. The Kier molecular flexibility index (Phi) is 6.03. The van der Waals surface area contributed by atoms with Crippen molar-refractivity contribution in [1.82, 2.24) is 15.6 Å². The van der Waals surface area contributed by atoms with Crippen molar-refractivity contribution in [2.24, 2.45) is 4.99 Å². The van der Waals surface area contributed by atoms with Gasteiger partial charge in [0.05, 0.1) is 19.4 Å². The van der Waals surface area contributed by atoms with E-state index in [1.54, 1.807) is 28.9 Å². The van der Waals surface area contributed by atoms with E-state index in [4.69, 9.17) is 4.42 Å². The molecule has 0 aliphatic rings. The molecule has 2 N–H and O–H groups in total. The maximum atomic E-state index is 5.36. The summed E-state index contributed by atoms with van der Waals surface area (Å²) < 4.78 is 5.36. The number of thiophene rings is 1. The van der Waals surface area contributed by atoms with Crippen molar-refractivity contribution < 1.29 is 4.42 Å². The molecule has 0 aromatic carbocycles. The number of nitrogens with zero attached hydrogens (tertiary/aromatic N) is 2. The average molecular weight is 361 g/mol. The van der Waals surface area contributed by atoms with Gasteiger partial charge < -0.3 is 15.1 Å². The Morgan fingerprint density at radius 1 is 1.29 bits per heavy atom. The van der Waals surface area contributed by atoms with Gasteiger partial charge in [0.1, 0.15) is 10.8 Å². The fraction of sp³-hybridized carbons (Fsp3) is 0.294. The van der Waals surface area contributed by atoms with Gasteiger partial charge in [0.25, 0.3) is 0 Å². The average Bonchev–Trinajstić information content (AvgIpc) is 3.32. The molecular weight excluding hydrogens is 340 g/mol. The van der Waals surface area contributed by atoms with Crippen LogP contribution in [0.1, 0.15) is 20.5 Å². The minimum atomic E-state index is 0.671. The van der Waals surface area contributed by atoms with Crippen LogP contribution in [-0.2, 0) is 19.5 Å².